The summed E-state index contributed by atoms with van der Waals surface area (Å²) in [5.41, 5.74) is 1.30. The molecule has 0 saturated carbocycles. The van der Waals surface area contributed by atoms with Gasteiger partial charge in [-0.2, -0.15) is 0 Å². The number of hydrogen-bond acceptors (Lipinski definition) is 2. The van der Waals surface area contributed by atoms with Gasteiger partial charge in [0.15, 0.2) is 0 Å². The minimum absolute atomic E-state index is 0.0419. The van der Waals surface area contributed by atoms with E-state index in [9.17, 15) is 0 Å². The van der Waals surface area contributed by atoms with Gasteiger partial charge in [-0.1, -0.05) is 75.3 Å². The summed E-state index contributed by atoms with van der Waals surface area (Å²) in [5, 5.41) is 0. The van der Waals surface area contributed by atoms with Crippen LogP contribution in [0.4, 0.5) is 0 Å². The van der Waals surface area contributed by atoms with Crippen LogP contribution in [0.2, 0.25) is 0 Å². The molecule has 26 heavy (non-hydrogen) atoms. The zero-order valence-electron chi connectivity index (χ0n) is 17.0. The second-order valence-corrected chi connectivity index (χ2v) is 7.92. The molecule has 1 aromatic rings. The van der Waals surface area contributed by atoms with Crippen molar-refractivity contribution in [1.29, 1.82) is 0 Å². The Morgan fingerprint density at radius 2 is 1.58 bits per heavy atom. The molecule has 0 spiro atoms. The van der Waals surface area contributed by atoms with Gasteiger partial charge in [0.05, 0.1) is 6.61 Å². The Labute approximate surface area is 161 Å². The van der Waals surface area contributed by atoms with Crippen LogP contribution in [-0.2, 0) is 11.2 Å². The van der Waals surface area contributed by atoms with Crippen LogP contribution >= 0.6 is 0 Å². The molecule has 2 nitrogen and oxygen atoms in total. The maximum atomic E-state index is 5.99. The fraction of sp³-hybridized carbons (Fsp3) is 0.667. The van der Waals surface area contributed by atoms with Crippen LogP contribution in [0, 0.1) is 0 Å². The van der Waals surface area contributed by atoms with Crippen molar-refractivity contribution in [2.24, 2.45) is 0 Å². The van der Waals surface area contributed by atoms with Gasteiger partial charge in [-0.3, -0.25) is 0 Å². The molecule has 2 heteroatoms. The molecule has 146 valence electrons. The number of ether oxygens (including phenoxy) is 2. The van der Waals surface area contributed by atoms with Crippen molar-refractivity contribution in [3.8, 4) is 5.75 Å². The number of rotatable bonds is 15. The highest BCUT2D eigenvalue weighted by Crippen LogP contribution is 2.28. The summed E-state index contributed by atoms with van der Waals surface area (Å²) in [4.78, 5) is 0. The summed E-state index contributed by atoms with van der Waals surface area (Å²) >= 11 is 0. The van der Waals surface area contributed by atoms with Gasteiger partial charge < -0.3 is 9.47 Å². The topological polar surface area (TPSA) is 21.8 Å². The van der Waals surface area contributed by atoms with Crippen LogP contribution in [0.5, 0.6) is 5.75 Å². The second-order valence-electron chi connectivity index (χ2n) is 7.92. The second kappa shape index (κ2) is 12.2. The summed E-state index contributed by atoms with van der Waals surface area (Å²) in [6.45, 7) is 5.70. The third-order valence-electron chi connectivity index (χ3n) is 5.20. The number of para-hydroxylation sites is 1. The van der Waals surface area contributed by atoms with Gasteiger partial charge in [-0.15, -0.1) is 0 Å². The Morgan fingerprint density at radius 3 is 2.23 bits per heavy atom. The largest absolute Gasteiger partial charge is 0.490 e. The summed E-state index contributed by atoms with van der Waals surface area (Å²) in [5.74, 6) is 1.04. The minimum Gasteiger partial charge on any atom is -0.490 e. The standard InChI is InChI=1S/C24H38O2/c1-3-4-5-6-7-8-9-10-11-12-13-14-17-22-18-15-16-19-23(22)25-20-24(2)21-26-24/h3-4,15-16,18-19H,5-14,17,20-21H2,1-2H3/b4-3+. The van der Waals surface area contributed by atoms with E-state index in [0.29, 0.717) is 6.61 Å². The van der Waals surface area contributed by atoms with E-state index < -0.39 is 0 Å². The van der Waals surface area contributed by atoms with Crippen molar-refractivity contribution < 1.29 is 9.47 Å². The van der Waals surface area contributed by atoms with Crippen molar-refractivity contribution in [2.75, 3.05) is 13.2 Å². The monoisotopic (exact) mass is 358 g/mol. The van der Waals surface area contributed by atoms with Crippen molar-refractivity contribution in [3.63, 3.8) is 0 Å². The summed E-state index contributed by atoms with van der Waals surface area (Å²) in [6.07, 6.45) is 19.1. The van der Waals surface area contributed by atoms with Crippen LogP contribution in [0.15, 0.2) is 36.4 Å². The summed E-state index contributed by atoms with van der Waals surface area (Å²) in [6, 6.07) is 8.48. The Kier molecular flexibility index (Phi) is 9.84. The maximum Gasteiger partial charge on any atom is 0.123 e. The van der Waals surface area contributed by atoms with Gasteiger partial charge >= 0.3 is 0 Å². The van der Waals surface area contributed by atoms with Crippen molar-refractivity contribution in [2.45, 2.75) is 90.1 Å². The number of benzene rings is 1. The molecular formula is C24H38O2. The first-order valence-corrected chi connectivity index (χ1v) is 10.7. The lowest BCUT2D eigenvalue weighted by Gasteiger charge is -2.13. The average Bonchev–Trinajstić information content (AvgIpc) is 3.39. The lowest BCUT2D eigenvalue weighted by atomic mass is 10.0. The smallest absolute Gasteiger partial charge is 0.123 e. The normalized spacial score (nSPS) is 19.2. The predicted octanol–water partition coefficient (Wildman–Crippen LogP) is 6.87. The molecule has 2 rings (SSSR count). The molecular weight excluding hydrogens is 320 g/mol. The van der Waals surface area contributed by atoms with E-state index in [1.807, 2.05) is 0 Å². The fourth-order valence-corrected chi connectivity index (χ4v) is 3.27. The zero-order chi connectivity index (χ0) is 18.5. The highest BCUT2D eigenvalue weighted by molar-refractivity contribution is 5.33. The van der Waals surface area contributed by atoms with Crippen LogP contribution in [0.1, 0.15) is 83.6 Å². The molecule has 0 N–H and O–H groups in total. The third kappa shape index (κ3) is 8.89. The van der Waals surface area contributed by atoms with E-state index in [4.69, 9.17) is 9.47 Å². The SMILES string of the molecule is C/C=C/CCCCCCCCCCCc1ccccc1OCC1(C)CO1. The molecule has 0 aliphatic carbocycles. The third-order valence-corrected chi connectivity index (χ3v) is 5.20. The van der Waals surface area contributed by atoms with Gasteiger partial charge in [0.1, 0.15) is 18.0 Å². The van der Waals surface area contributed by atoms with Gasteiger partial charge in [0.2, 0.25) is 0 Å². The van der Waals surface area contributed by atoms with Gasteiger partial charge in [0, 0.05) is 0 Å². The Bertz CT molecular complexity index is 517. The fourth-order valence-electron chi connectivity index (χ4n) is 3.27. The number of epoxide rings is 1. The van der Waals surface area contributed by atoms with Crippen LogP contribution in [0.25, 0.3) is 0 Å². The molecule has 1 atom stereocenters. The Balaban J connectivity index is 1.48. The van der Waals surface area contributed by atoms with Crippen molar-refractivity contribution >= 4 is 0 Å². The average molecular weight is 359 g/mol. The van der Waals surface area contributed by atoms with Crippen LogP contribution in [0.3, 0.4) is 0 Å². The molecule has 1 unspecified atom stereocenters. The van der Waals surface area contributed by atoms with Gasteiger partial charge in [0.25, 0.3) is 0 Å². The first-order valence-electron chi connectivity index (χ1n) is 10.7. The number of aryl methyl sites for hydroxylation is 1. The summed E-state index contributed by atoms with van der Waals surface area (Å²) < 4.78 is 11.4. The summed E-state index contributed by atoms with van der Waals surface area (Å²) in [7, 11) is 0. The molecule has 0 bridgehead atoms. The van der Waals surface area contributed by atoms with Crippen LogP contribution < -0.4 is 4.74 Å². The highest BCUT2D eigenvalue weighted by atomic mass is 16.6. The van der Waals surface area contributed by atoms with E-state index >= 15 is 0 Å². The number of unbranched alkanes of at least 4 members (excludes halogenated alkanes) is 9. The first-order chi connectivity index (χ1) is 12.7. The number of hydrogen-bond donors (Lipinski definition) is 0. The lowest BCUT2D eigenvalue weighted by molar-refractivity contribution is 0.201. The molecule has 1 aliphatic heterocycles. The molecule has 1 heterocycles. The zero-order valence-corrected chi connectivity index (χ0v) is 17.0. The Morgan fingerprint density at radius 1 is 0.962 bits per heavy atom. The van der Waals surface area contributed by atoms with Gasteiger partial charge in [-0.25, -0.2) is 0 Å². The van der Waals surface area contributed by atoms with Gasteiger partial charge in [-0.05, 0) is 51.2 Å². The van der Waals surface area contributed by atoms with E-state index in [2.05, 4.69) is 50.3 Å². The Hall–Kier alpha value is -1.28. The molecule has 1 fully saturated rings. The highest BCUT2D eigenvalue weighted by Gasteiger charge is 2.40. The van der Waals surface area contributed by atoms with E-state index in [1.54, 1.807) is 0 Å². The van der Waals surface area contributed by atoms with E-state index in [-0.39, 0.29) is 5.60 Å². The molecule has 1 aromatic carbocycles. The molecule has 0 aromatic heterocycles. The maximum absolute atomic E-state index is 5.99. The quantitative estimate of drug-likeness (QED) is 0.194. The number of allylic oxidation sites excluding steroid dienone is 2. The molecule has 0 amide bonds. The molecule has 1 saturated heterocycles. The lowest BCUT2D eigenvalue weighted by Crippen LogP contribution is -2.17. The first kappa shape index (κ1) is 21.0. The molecule has 0 radical (unpaired) electrons. The molecule has 1 aliphatic rings. The van der Waals surface area contributed by atoms with Crippen molar-refractivity contribution in [3.05, 3.63) is 42.0 Å². The van der Waals surface area contributed by atoms with E-state index in [0.717, 1.165) is 18.8 Å². The van der Waals surface area contributed by atoms with Crippen LogP contribution in [-0.4, -0.2) is 18.8 Å². The predicted molar refractivity (Wildman–Crippen MR) is 111 cm³/mol. The van der Waals surface area contributed by atoms with Crippen molar-refractivity contribution in [1.82, 2.24) is 0 Å². The van der Waals surface area contributed by atoms with E-state index in [1.165, 1.54) is 69.8 Å². The minimum atomic E-state index is -0.0419.